The normalized spacial score (nSPS) is 10.2. The first kappa shape index (κ1) is 11.3. The first-order valence-electron chi connectivity index (χ1n) is 5.09. The number of halogens is 1. The molecule has 0 bridgehead atoms. The summed E-state index contributed by atoms with van der Waals surface area (Å²) in [4.78, 5) is 10.4. The molecule has 0 heterocycles. The molecule has 0 radical (unpaired) electrons. The molecule has 0 atom stereocenters. The standard InChI is InChI=1S/C13H10FNO2/c1-9-4-2-3-5-11(9)12-8-10(14)6-7-13(12)15(16)17/h2-8H,1H3. The van der Waals surface area contributed by atoms with Crippen LogP contribution in [0.2, 0.25) is 0 Å². The van der Waals surface area contributed by atoms with Gasteiger partial charge in [0.25, 0.3) is 5.69 Å². The van der Waals surface area contributed by atoms with Crippen LogP contribution >= 0.6 is 0 Å². The largest absolute Gasteiger partial charge is 0.277 e. The Hall–Kier alpha value is -2.23. The van der Waals surface area contributed by atoms with Crippen LogP contribution in [0.1, 0.15) is 5.56 Å². The zero-order valence-electron chi connectivity index (χ0n) is 9.18. The molecule has 4 heteroatoms. The minimum Gasteiger partial charge on any atom is -0.258 e. The molecule has 0 aliphatic heterocycles. The van der Waals surface area contributed by atoms with Gasteiger partial charge < -0.3 is 0 Å². The molecule has 0 N–H and O–H groups in total. The predicted molar refractivity (Wildman–Crippen MR) is 63.2 cm³/mol. The Morgan fingerprint density at radius 2 is 1.82 bits per heavy atom. The number of hydrogen-bond donors (Lipinski definition) is 0. The highest BCUT2D eigenvalue weighted by atomic mass is 19.1. The molecule has 2 aromatic rings. The molecule has 3 nitrogen and oxygen atoms in total. The van der Waals surface area contributed by atoms with Crippen LogP contribution in [0.15, 0.2) is 42.5 Å². The monoisotopic (exact) mass is 231 g/mol. The van der Waals surface area contributed by atoms with E-state index in [2.05, 4.69) is 0 Å². The average molecular weight is 231 g/mol. The fourth-order valence-electron chi connectivity index (χ4n) is 1.76. The van der Waals surface area contributed by atoms with E-state index in [1.165, 1.54) is 12.1 Å². The van der Waals surface area contributed by atoms with E-state index in [4.69, 9.17) is 0 Å². The third-order valence-corrected chi connectivity index (χ3v) is 2.59. The molecule has 0 aromatic heterocycles. The van der Waals surface area contributed by atoms with Crippen LogP contribution < -0.4 is 0 Å². The van der Waals surface area contributed by atoms with Gasteiger partial charge in [-0.3, -0.25) is 10.1 Å². The Morgan fingerprint density at radius 3 is 2.47 bits per heavy atom. The van der Waals surface area contributed by atoms with Crippen LogP contribution in [-0.4, -0.2) is 4.92 Å². The summed E-state index contributed by atoms with van der Waals surface area (Å²) >= 11 is 0. The highest BCUT2D eigenvalue weighted by Crippen LogP contribution is 2.32. The first-order valence-corrected chi connectivity index (χ1v) is 5.09. The lowest BCUT2D eigenvalue weighted by molar-refractivity contribution is -0.384. The maximum atomic E-state index is 13.2. The summed E-state index contributed by atoms with van der Waals surface area (Å²) in [5.41, 5.74) is 1.79. The third-order valence-electron chi connectivity index (χ3n) is 2.59. The van der Waals surface area contributed by atoms with Gasteiger partial charge in [0.05, 0.1) is 10.5 Å². The summed E-state index contributed by atoms with van der Waals surface area (Å²) in [6.45, 7) is 1.84. The maximum Gasteiger partial charge on any atom is 0.277 e. The number of hydrogen-bond acceptors (Lipinski definition) is 2. The molecule has 0 aliphatic carbocycles. The van der Waals surface area contributed by atoms with Crippen molar-refractivity contribution in [2.75, 3.05) is 0 Å². The summed E-state index contributed by atoms with van der Waals surface area (Å²) in [6, 6.07) is 10.7. The van der Waals surface area contributed by atoms with Crippen LogP contribution in [0.4, 0.5) is 10.1 Å². The number of nitro groups is 1. The number of nitro benzene ring substituents is 1. The van der Waals surface area contributed by atoms with E-state index in [1.54, 1.807) is 12.1 Å². The molecular weight excluding hydrogens is 221 g/mol. The fourth-order valence-corrected chi connectivity index (χ4v) is 1.76. The van der Waals surface area contributed by atoms with Crippen molar-refractivity contribution >= 4 is 5.69 Å². The SMILES string of the molecule is Cc1ccccc1-c1cc(F)ccc1[N+](=O)[O-]. The van der Waals surface area contributed by atoms with E-state index in [0.717, 1.165) is 11.6 Å². The first-order chi connectivity index (χ1) is 8.09. The smallest absolute Gasteiger partial charge is 0.258 e. The van der Waals surface area contributed by atoms with Gasteiger partial charge in [-0.15, -0.1) is 0 Å². The summed E-state index contributed by atoms with van der Waals surface area (Å²) in [5.74, 6) is -0.478. The number of benzene rings is 2. The highest BCUT2D eigenvalue weighted by Gasteiger charge is 2.16. The second kappa shape index (κ2) is 4.33. The average Bonchev–Trinajstić information content (AvgIpc) is 2.29. The maximum absolute atomic E-state index is 13.2. The summed E-state index contributed by atoms with van der Waals surface area (Å²) in [6.07, 6.45) is 0. The van der Waals surface area contributed by atoms with Gasteiger partial charge >= 0.3 is 0 Å². The van der Waals surface area contributed by atoms with Crippen LogP contribution in [-0.2, 0) is 0 Å². The Kier molecular flexibility index (Phi) is 2.87. The molecule has 0 aliphatic rings. The molecular formula is C13H10FNO2. The van der Waals surface area contributed by atoms with Gasteiger partial charge in [0.2, 0.25) is 0 Å². The minimum absolute atomic E-state index is 0.0827. The fraction of sp³-hybridized carbons (Fsp3) is 0.0769. The zero-order chi connectivity index (χ0) is 12.4. The molecule has 0 fully saturated rings. The number of rotatable bonds is 2. The molecule has 0 saturated heterocycles. The van der Waals surface area contributed by atoms with Gasteiger partial charge in [0.15, 0.2) is 0 Å². The quantitative estimate of drug-likeness (QED) is 0.584. The lowest BCUT2D eigenvalue weighted by Gasteiger charge is -2.06. The van der Waals surface area contributed by atoms with Gasteiger partial charge in [0.1, 0.15) is 5.82 Å². The van der Waals surface area contributed by atoms with Crippen molar-refractivity contribution in [2.45, 2.75) is 6.92 Å². The molecule has 17 heavy (non-hydrogen) atoms. The Bertz CT molecular complexity index is 581. The van der Waals surface area contributed by atoms with E-state index >= 15 is 0 Å². The van der Waals surface area contributed by atoms with Gasteiger partial charge in [-0.2, -0.15) is 0 Å². The topological polar surface area (TPSA) is 43.1 Å². The van der Waals surface area contributed by atoms with E-state index in [1.807, 2.05) is 19.1 Å². The number of nitrogens with zero attached hydrogens (tertiary/aromatic N) is 1. The highest BCUT2D eigenvalue weighted by molar-refractivity contribution is 5.75. The zero-order valence-corrected chi connectivity index (χ0v) is 9.18. The third kappa shape index (κ3) is 2.15. The van der Waals surface area contributed by atoms with E-state index in [0.29, 0.717) is 11.1 Å². The second-order valence-electron chi connectivity index (χ2n) is 3.73. The molecule has 0 spiro atoms. The lowest BCUT2D eigenvalue weighted by atomic mass is 9.99. The van der Waals surface area contributed by atoms with Crippen molar-refractivity contribution in [1.29, 1.82) is 0 Å². The van der Waals surface area contributed by atoms with Crippen molar-refractivity contribution in [3.05, 3.63) is 64.0 Å². The Morgan fingerprint density at radius 1 is 1.12 bits per heavy atom. The molecule has 2 aromatic carbocycles. The minimum atomic E-state index is -0.499. The Balaban J connectivity index is 2.70. The molecule has 0 unspecified atom stereocenters. The van der Waals surface area contributed by atoms with Crippen molar-refractivity contribution in [2.24, 2.45) is 0 Å². The van der Waals surface area contributed by atoms with E-state index in [9.17, 15) is 14.5 Å². The summed E-state index contributed by atoms with van der Waals surface area (Å²) in [5, 5.41) is 10.9. The van der Waals surface area contributed by atoms with Crippen LogP contribution in [0.5, 0.6) is 0 Å². The van der Waals surface area contributed by atoms with E-state index < -0.39 is 10.7 Å². The molecule has 0 amide bonds. The van der Waals surface area contributed by atoms with Crippen molar-refractivity contribution in [1.82, 2.24) is 0 Å². The summed E-state index contributed by atoms with van der Waals surface area (Å²) < 4.78 is 13.2. The van der Waals surface area contributed by atoms with Crippen LogP contribution in [0.3, 0.4) is 0 Å². The molecule has 2 rings (SSSR count). The van der Waals surface area contributed by atoms with Gasteiger partial charge in [0, 0.05) is 6.07 Å². The summed E-state index contributed by atoms with van der Waals surface area (Å²) in [7, 11) is 0. The van der Waals surface area contributed by atoms with Crippen molar-refractivity contribution in [3.8, 4) is 11.1 Å². The predicted octanol–water partition coefficient (Wildman–Crippen LogP) is 3.71. The van der Waals surface area contributed by atoms with Crippen molar-refractivity contribution < 1.29 is 9.31 Å². The molecule has 0 saturated carbocycles. The molecule has 86 valence electrons. The van der Waals surface area contributed by atoms with E-state index in [-0.39, 0.29) is 5.69 Å². The van der Waals surface area contributed by atoms with Crippen LogP contribution in [0.25, 0.3) is 11.1 Å². The van der Waals surface area contributed by atoms with Gasteiger partial charge in [-0.25, -0.2) is 4.39 Å². The van der Waals surface area contributed by atoms with Crippen molar-refractivity contribution in [3.63, 3.8) is 0 Å². The second-order valence-corrected chi connectivity index (χ2v) is 3.73. The van der Waals surface area contributed by atoms with Gasteiger partial charge in [-0.05, 0) is 30.2 Å². The van der Waals surface area contributed by atoms with Gasteiger partial charge in [-0.1, -0.05) is 24.3 Å². The Labute approximate surface area is 97.7 Å². The number of aryl methyl sites for hydroxylation is 1. The lowest BCUT2D eigenvalue weighted by Crippen LogP contribution is -1.94. The van der Waals surface area contributed by atoms with Crippen LogP contribution in [0, 0.1) is 22.9 Å².